The lowest BCUT2D eigenvalue weighted by Crippen LogP contribution is -2.41. The lowest BCUT2D eigenvalue weighted by atomic mass is 9.84. The quantitative estimate of drug-likeness (QED) is 0.895. The lowest BCUT2D eigenvalue weighted by Gasteiger charge is -2.28. The Morgan fingerprint density at radius 1 is 1.53 bits per heavy atom. The van der Waals surface area contributed by atoms with Crippen LogP contribution in [0.4, 0.5) is 0 Å². The van der Waals surface area contributed by atoms with Gasteiger partial charge in [0.15, 0.2) is 0 Å². The molecule has 0 spiro atoms. The van der Waals surface area contributed by atoms with Crippen LogP contribution in [0.25, 0.3) is 0 Å². The van der Waals surface area contributed by atoms with Gasteiger partial charge in [-0.05, 0) is 50.9 Å². The Kier molecular flexibility index (Phi) is 3.29. The van der Waals surface area contributed by atoms with Gasteiger partial charge in [0.25, 0.3) is 0 Å². The van der Waals surface area contributed by atoms with E-state index >= 15 is 0 Å². The first kappa shape index (κ1) is 12.6. The van der Waals surface area contributed by atoms with Crippen LogP contribution >= 0.6 is 0 Å². The third-order valence-corrected chi connectivity index (χ3v) is 4.78. The van der Waals surface area contributed by atoms with Crippen molar-refractivity contribution in [2.45, 2.75) is 52.1 Å². The Bertz CT molecular complexity index is 470. The second kappa shape index (κ2) is 4.94. The van der Waals surface area contributed by atoms with Gasteiger partial charge in [-0.2, -0.15) is 0 Å². The van der Waals surface area contributed by atoms with Gasteiger partial charge in [-0.1, -0.05) is 11.6 Å². The van der Waals surface area contributed by atoms with E-state index in [9.17, 15) is 4.79 Å². The summed E-state index contributed by atoms with van der Waals surface area (Å²) >= 11 is 0. The van der Waals surface area contributed by atoms with Crippen LogP contribution in [0.5, 0.6) is 0 Å². The van der Waals surface area contributed by atoms with Gasteiger partial charge in [0.2, 0.25) is 5.91 Å². The fraction of sp³-hybridized carbons (Fsp3) is 0.786. The number of fused-ring (bicyclic) bond motifs is 2. The van der Waals surface area contributed by atoms with Gasteiger partial charge in [-0.3, -0.25) is 4.79 Å². The highest BCUT2D eigenvalue weighted by molar-refractivity contribution is 5.75. The first-order chi connectivity index (χ1) is 9.11. The van der Waals surface area contributed by atoms with Crippen LogP contribution in [0.2, 0.25) is 0 Å². The number of aromatic nitrogens is 3. The molecule has 2 aliphatic carbocycles. The molecule has 4 atom stereocenters. The van der Waals surface area contributed by atoms with Crippen LogP contribution in [-0.2, 0) is 11.3 Å². The van der Waals surface area contributed by atoms with Crippen molar-refractivity contribution in [2.75, 3.05) is 0 Å². The lowest BCUT2D eigenvalue weighted by molar-refractivity contribution is -0.123. The zero-order valence-electron chi connectivity index (χ0n) is 11.7. The summed E-state index contributed by atoms with van der Waals surface area (Å²) in [5, 5.41) is 10.9. The van der Waals surface area contributed by atoms with Crippen molar-refractivity contribution in [2.24, 2.45) is 17.8 Å². The fourth-order valence-corrected chi connectivity index (χ4v) is 3.93. The number of aryl methyl sites for hydroxylation is 1. The highest BCUT2D eigenvalue weighted by atomic mass is 16.2. The van der Waals surface area contributed by atoms with Gasteiger partial charge in [0.1, 0.15) is 6.54 Å². The molecule has 104 valence electrons. The molecule has 1 aromatic rings. The van der Waals surface area contributed by atoms with Crippen LogP contribution in [0.15, 0.2) is 6.20 Å². The molecule has 19 heavy (non-hydrogen) atoms. The maximum absolute atomic E-state index is 12.0. The van der Waals surface area contributed by atoms with Gasteiger partial charge in [0, 0.05) is 12.2 Å². The van der Waals surface area contributed by atoms with Gasteiger partial charge in [0.05, 0.1) is 5.69 Å². The summed E-state index contributed by atoms with van der Waals surface area (Å²) < 4.78 is 1.60. The van der Waals surface area contributed by atoms with Crippen LogP contribution < -0.4 is 5.32 Å². The molecule has 0 aromatic carbocycles. The van der Waals surface area contributed by atoms with E-state index < -0.39 is 0 Å². The number of nitrogens with one attached hydrogen (secondary N) is 1. The average Bonchev–Trinajstić information content (AvgIpc) is 3.05. The molecule has 2 bridgehead atoms. The number of carbonyl (C=O) groups excluding carboxylic acids is 1. The number of carbonyl (C=O) groups is 1. The SMILES string of the molecule is Cc1cn(CC(=O)N[C@H](C)[C@H]2C[C@H]3CC[C@H]2C3)nn1. The summed E-state index contributed by atoms with van der Waals surface area (Å²) in [4.78, 5) is 12.0. The van der Waals surface area contributed by atoms with Crippen molar-refractivity contribution in [3.05, 3.63) is 11.9 Å². The number of hydrogen-bond donors (Lipinski definition) is 1. The molecule has 2 aliphatic rings. The maximum atomic E-state index is 12.0. The summed E-state index contributed by atoms with van der Waals surface area (Å²) in [7, 11) is 0. The highest BCUT2D eigenvalue weighted by Gasteiger charge is 2.42. The normalized spacial score (nSPS) is 30.5. The summed E-state index contributed by atoms with van der Waals surface area (Å²) in [6.07, 6.45) is 7.24. The average molecular weight is 262 g/mol. The Hall–Kier alpha value is -1.39. The summed E-state index contributed by atoms with van der Waals surface area (Å²) in [6, 6.07) is 0.285. The molecular weight excluding hydrogens is 240 g/mol. The molecule has 1 aromatic heterocycles. The monoisotopic (exact) mass is 262 g/mol. The standard InChI is InChI=1S/C14H22N4O/c1-9-7-18(17-16-9)8-14(19)15-10(2)13-6-11-3-4-12(13)5-11/h7,10-13H,3-6,8H2,1-2H3,(H,15,19)/t10-,11+,12+,13-/m1/s1. The summed E-state index contributed by atoms with van der Waals surface area (Å²) in [6.45, 7) is 4.29. The van der Waals surface area contributed by atoms with Crippen molar-refractivity contribution < 1.29 is 4.79 Å². The van der Waals surface area contributed by atoms with E-state index in [2.05, 4.69) is 22.6 Å². The first-order valence-corrected chi connectivity index (χ1v) is 7.28. The van der Waals surface area contributed by atoms with Crippen molar-refractivity contribution in [1.82, 2.24) is 20.3 Å². The molecule has 0 unspecified atom stereocenters. The highest BCUT2D eigenvalue weighted by Crippen LogP contribution is 2.49. The van der Waals surface area contributed by atoms with Crippen LogP contribution in [0, 0.1) is 24.7 Å². The van der Waals surface area contributed by atoms with Crippen molar-refractivity contribution in [3.8, 4) is 0 Å². The number of amides is 1. The molecule has 5 nitrogen and oxygen atoms in total. The molecule has 2 fully saturated rings. The third kappa shape index (κ3) is 2.65. The van der Waals surface area contributed by atoms with Crippen LogP contribution in [0.1, 0.15) is 38.3 Å². The Labute approximate surface area is 113 Å². The number of rotatable bonds is 4. The molecular formula is C14H22N4O. The van der Waals surface area contributed by atoms with E-state index in [1.165, 1.54) is 25.7 Å². The van der Waals surface area contributed by atoms with Crippen molar-refractivity contribution >= 4 is 5.91 Å². The van der Waals surface area contributed by atoms with Crippen LogP contribution in [0.3, 0.4) is 0 Å². The van der Waals surface area contributed by atoms with Crippen molar-refractivity contribution in [1.29, 1.82) is 0 Å². The van der Waals surface area contributed by atoms with Gasteiger partial charge in [-0.25, -0.2) is 4.68 Å². The zero-order valence-corrected chi connectivity index (χ0v) is 11.7. The van der Waals surface area contributed by atoms with Crippen molar-refractivity contribution in [3.63, 3.8) is 0 Å². The Balaban J connectivity index is 1.52. The fourth-order valence-electron chi connectivity index (χ4n) is 3.93. The van der Waals surface area contributed by atoms with E-state index in [0.717, 1.165) is 17.5 Å². The van der Waals surface area contributed by atoms with E-state index in [4.69, 9.17) is 0 Å². The minimum Gasteiger partial charge on any atom is -0.352 e. The van der Waals surface area contributed by atoms with E-state index in [1.54, 1.807) is 10.9 Å². The molecule has 0 saturated heterocycles. The third-order valence-electron chi connectivity index (χ3n) is 4.78. The molecule has 0 aliphatic heterocycles. The second-order valence-electron chi connectivity index (χ2n) is 6.25. The summed E-state index contributed by atoms with van der Waals surface area (Å²) in [5.74, 6) is 2.49. The van der Waals surface area contributed by atoms with Gasteiger partial charge in [-0.15, -0.1) is 5.10 Å². The molecule has 2 saturated carbocycles. The summed E-state index contributed by atoms with van der Waals surface area (Å²) in [5.41, 5.74) is 0.842. The molecule has 1 N–H and O–H groups in total. The minimum atomic E-state index is 0.0418. The molecule has 0 radical (unpaired) electrons. The van der Waals surface area contributed by atoms with Crippen LogP contribution in [-0.4, -0.2) is 26.9 Å². The zero-order chi connectivity index (χ0) is 13.4. The Morgan fingerprint density at radius 3 is 2.95 bits per heavy atom. The molecule has 5 heteroatoms. The first-order valence-electron chi connectivity index (χ1n) is 7.28. The predicted molar refractivity (Wildman–Crippen MR) is 71.3 cm³/mol. The second-order valence-corrected chi connectivity index (χ2v) is 6.25. The number of hydrogen-bond acceptors (Lipinski definition) is 3. The predicted octanol–water partition coefficient (Wildman–Crippen LogP) is 1.53. The smallest absolute Gasteiger partial charge is 0.242 e. The maximum Gasteiger partial charge on any atom is 0.242 e. The topological polar surface area (TPSA) is 59.8 Å². The van der Waals surface area contributed by atoms with E-state index in [-0.39, 0.29) is 18.5 Å². The minimum absolute atomic E-state index is 0.0418. The molecule has 1 heterocycles. The number of nitrogens with zero attached hydrogens (tertiary/aromatic N) is 3. The van der Waals surface area contributed by atoms with E-state index in [0.29, 0.717) is 5.92 Å². The van der Waals surface area contributed by atoms with E-state index in [1.807, 2.05) is 6.92 Å². The molecule has 3 rings (SSSR count). The van der Waals surface area contributed by atoms with Gasteiger partial charge < -0.3 is 5.32 Å². The largest absolute Gasteiger partial charge is 0.352 e. The molecule has 1 amide bonds. The Morgan fingerprint density at radius 2 is 2.37 bits per heavy atom. The van der Waals surface area contributed by atoms with Gasteiger partial charge >= 0.3 is 0 Å².